The predicted molar refractivity (Wildman–Crippen MR) is 106 cm³/mol. The van der Waals surface area contributed by atoms with E-state index in [1.807, 2.05) is 0 Å². The number of fused-ring (bicyclic) bond motifs is 1. The number of carbonyl (C=O) groups excluding carboxylic acids is 1. The first-order valence-corrected chi connectivity index (χ1v) is 11.4. The molecule has 1 aromatic rings. The Morgan fingerprint density at radius 3 is 2.57 bits per heavy atom. The van der Waals surface area contributed by atoms with Crippen LogP contribution in [0.2, 0.25) is 0 Å². The molecule has 2 aliphatic rings. The van der Waals surface area contributed by atoms with Crippen LogP contribution in [-0.4, -0.2) is 52.0 Å². The second-order valence-corrected chi connectivity index (χ2v) is 9.30. The van der Waals surface area contributed by atoms with Gasteiger partial charge in [0.05, 0.1) is 20.1 Å². The minimum Gasteiger partial charge on any atom is -0.497 e. The van der Waals surface area contributed by atoms with E-state index in [9.17, 15) is 13.2 Å². The zero-order valence-electron chi connectivity index (χ0n) is 16.6. The first-order valence-electron chi connectivity index (χ1n) is 10.0. The number of ether oxygens (including phenoxy) is 2. The third kappa shape index (κ3) is 4.27. The first kappa shape index (κ1) is 20.9. The normalized spacial score (nSPS) is 24.7. The molecule has 1 N–H and O–H groups in total. The molecule has 2 atom stereocenters. The highest BCUT2D eigenvalue weighted by molar-refractivity contribution is 7.89. The minimum atomic E-state index is -3.85. The second-order valence-electron chi connectivity index (χ2n) is 7.44. The maximum Gasteiger partial charge on any atom is 0.247 e. The van der Waals surface area contributed by atoms with Crippen molar-refractivity contribution >= 4 is 15.9 Å². The Labute approximate surface area is 167 Å². The molecule has 0 radical (unpaired) electrons. The Balaban J connectivity index is 2.02. The van der Waals surface area contributed by atoms with Crippen LogP contribution in [0.3, 0.4) is 0 Å². The van der Waals surface area contributed by atoms with E-state index in [-0.39, 0.29) is 28.5 Å². The smallest absolute Gasteiger partial charge is 0.247 e. The lowest BCUT2D eigenvalue weighted by atomic mass is 10.0. The van der Waals surface area contributed by atoms with Crippen molar-refractivity contribution in [3.05, 3.63) is 18.2 Å². The van der Waals surface area contributed by atoms with E-state index < -0.39 is 10.0 Å². The number of benzene rings is 1. The molecule has 2 fully saturated rings. The summed E-state index contributed by atoms with van der Waals surface area (Å²) in [7, 11) is -0.886. The number of carbonyl (C=O) groups is 1. The van der Waals surface area contributed by atoms with Crippen LogP contribution in [0.25, 0.3) is 0 Å². The molecule has 0 bridgehead atoms. The molecule has 1 saturated carbocycles. The van der Waals surface area contributed by atoms with Crippen molar-refractivity contribution < 1.29 is 22.7 Å². The number of rotatable bonds is 4. The van der Waals surface area contributed by atoms with Gasteiger partial charge in [0.1, 0.15) is 16.4 Å². The second kappa shape index (κ2) is 9.13. The third-order valence-corrected chi connectivity index (χ3v) is 7.69. The molecule has 1 heterocycles. The van der Waals surface area contributed by atoms with Crippen LogP contribution in [0, 0.1) is 5.92 Å². The van der Waals surface area contributed by atoms with Gasteiger partial charge in [-0.3, -0.25) is 4.79 Å². The highest BCUT2D eigenvalue weighted by atomic mass is 32.2. The summed E-state index contributed by atoms with van der Waals surface area (Å²) in [6, 6.07) is 4.47. The molecule has 1 aromatic carbocycles. The van der Waals surface area contributed by atoms with Gasteiger partial charge in [0, 0.05) is 25.2 Å². The SMILES string of the molecule is COc1ccc(OC)c(S(=O)(=O)N2CCCCCCNC(=O)C3CCCC32)c1. The quantitative estimate of drug-likeness (QED) is 0.825. The summed E-state index contributed by atoms with van der Waals surface area (Å²) in [6.07, 6.45) is 5.90. The molecule has 2 unspecified atom stereocenters. The minimum absolute atomic E-state index is 0.0257. The Morgan fingerprint density at radius 2 is 1.82 bits per heavy atom. The molecule has 3 rings (SSSR count). The van der Waals surface area contributed by atoms with Gasteiger partial charge in [-0.25, -0.2) is 8.42 Å². The molecule has 0 spiro atoms. The highest BCUT2D eigenvalue weighted by Crippen LogP contribution is 2.37. The Morgan fingerprint density at radius 1 is 1.04 bits per heavy atom. The number of hydrogen-bond acceptors (Lipinski definition) is 5. The van der Waals surface area contributed by atoms with Crippen LogP contribution in [0.4, 0.5) is 0 Å². The van der Waals surface area contributed by atoms with Gasteiger partial charge in [-0.05, 0) is 37.8 Å². The molecular formula is C20H30N2O5S. The first-order chi connectivity index (χ1) is 13.5. The number of amides is 1. The Kier molecular flexibility index (Phi) is 6.82. The molecule has 8 heteroatoms. The monoisotopic (exact) mass is 410 g/mol. The summed E-state index contributed by atoms with van der Waals surface area (Å²) in [5, 5.41) is 3.00. The fourth-order valence-electron chi connectivity index (χ4n) is 4.26. The molecular weight excluding hydrogens is 380 g/mol. The summed E-state index contributed by atoms with van der Waals surface area (Å²) in [4.78, 5) is 12.8. The van der Waals surface area contributed by atoms with E-state index >= 15 is 0 Å². The topological polar surface area (TPSA) is 84.9 Å². The van der Waals surface area contributed by atoms with Gasteiger partial charge in [0.2, 0.25) is 15.9 Å². The van der Waals surface area contributed by atoms with E-state index in [2.05, 4.69) is 5.32 Å². The fourth-order valence-corrected chi connectivity index (χ4v) is 6.16. The number of methoxy groups -OCH3 is 2. The van der Waals surface area contributed by atoms with E-state index in [4.69, 9.17) is 9.47 Å². The molecule has 1 aliphatic heterocycles. The van der Waals surface area contributed by atoms with Gasteiger partial charge in [-0.15, -0.1) is 0 Å². The van der Waals surface area contributed by atoms with E-state index in [0.717, 1.165) is 38.5 Å². The summed E-state index contributed by atoms with van der Waals surface area (Å²) in [5.74, 6) is 0.416. The van der Waals surface area contributed by atoms with Gasteiger partial charge in [-0.1, -0.05) is 19.3 Å². The predicted octanol–water partition coefficient (Wildman–Crippen LogP) is 2.55. The van der Waals surface area contributed by atoms with Crippen molar-refractivity contribution in [1.29, 1.82) is 0 Å². The van der Waals surface area contributed by atoms with Crippen LogP contribution < -0.4 is 14.8 Å². The van der Waals surface area contributed by atoms with Gasteiger partial charge in [-0.2, -0.15) is 4.31 Å². The van der Waals surface area contributed by atoms with Crippen molar-refractivity contribution in [1.82, 2.24) is 9.62 Å². The van der Waals surface area contributed by atoms with Crippen LogP contribution in [0.1, 0.15) is 44.9 Å². The lowest BCUT2D eigenvalue weighted by Gasteiger charge is -2.32. The molecule has 7 nitrogen and oxygen atoms in total. The van der Waals surface area contributed by atoms with Gasteiger partial charge >= 0.3 is 0 Å². The van der Waals surface area contributed by atoms with Crippen LogP contribution in [0.15, 0.2) is 23.1 Å². The zero-order chi connectivity index (χ0) is 20.1. The summed E-state index contributed by atoms with van der Waals surface area (Å²) in [6.45, 7) is 1.08. The van der Waals surface area contributed by atoms with E-state index in [1.165, 1.54) is 20.3 Å². The van der Waals surface area contributed by atoms with E-state index in [0.29, 0.717) is 25.3 Å². The number of hydrogen-bond donors (Lipinski definition) is 1. The maximum atomic E-state index is 13.7. The summed E-state index contributed by atoms with van der Waals surface area (Å²) >= 11 is 0. The molecule has 156 valence electrons. The van der Waals surface area contributed by atoms with Crippen molar-refractivity contribution in [2.45, 2.75) is 55.9 Å². The van der Waals surface area contributed by atoms with Gasteiger partial charge in [0.25, 0.3) is 0 Å². The van der Waals surface area contributed by atoms with Crippen LogP contribution >= 0.6 is 0 Å². The molecule has 1 amide bonds. The zero-order valence-corrected chi connectivity index (χ0v) is 17.5. The average molecular weight is 411 g/mol. The van der Waals surface area contributed by atoms with Crippen molar-refractivity contribution in [3.63, 3.8) is 0 Å². The lowest BCUT2D eigenvalue weighted by Crippen LogP contribution is -2.47. The van der Waals surface area contributed by atoms with Gasteiger partial charge in [0.15, 0.2) is 0 Å². The van der Waals surface area contributed by atoms with Crippen molar-refractivity contribution in [2.24, 2.45) is 5.92 Å². The lowest BCUT2D eigenvalue weighted by molar-refractivity contribution is -0.125. The Hall–Kier alpha value is -1.80. The van der Waals surface area contributed by atoms with Gasteiger partial charge < -0.3 is 14.8 Å². The number of sulfonamides is 1. The molecule has 28 heavy (non-hydrogen) atoms. The molecule has 1 aliphatic carbocycles. The largest absolute Gasteiger partial charge is 0.497 e. The number of nitrogens with zero attached hydrogens (tertiary/aromatic N) is 1. The Bertz CT molecular complexity index is 796. The molecule has 0 aromatic heterocycles. The third-order valence-electron chi connectivity index (χ3n) is 5.75. The summed E-state index contributed by atoms with van der Waals surface area (Å²) < 4.78 is 39.5. The number of nitrogens with one attached hydrogen (secondary N) is 1. The van der Waals surface area contributed by atoms with Crippen LogP contribution in [-0.2, 0) is 14.8 Å². The summed E-state index contributed by atoms with van der Waals surface area (Å²) in [5.41, 5.74) is 0. The van der Waals surface area contributed by atoms with Crippen LogP contribution in [0.5, 0.6) is 11.5 Å². The van der Waals surface area contributed by atoms with E-state index in [1.54, 1.807) is 16.4 Å². The highest BCUT2D eigenvalue weighted by Gasteiger charge is 2.42. The van der Waals surface area contributed by atoms with Crippen molar-refractivity contribution in [3.8, 4) is 11.5 Å². The van der Waals surface area contributed by atoms with Crippen molar-refractivity contribution in [2.75, 3.05) is 27.3 Å². The molecule has 1 saturated heterocycles. The average Bonchev–Trinajstić information content (AvgIpc) is 3.17. The standard InChI is InChI=1S/C20H30N2O5S/c1-26-15-10-11-18(27-2)19(14-15)28(24,25)22-13-6-4-3-5-12-21-20(23)16-8-7-9-17(16)22/h10-11,14,16-17H,3-9,12-13H2,1-2H3,(H,21,23). The fraction of sp³-hybridized carbons (Fsp3) is 0.650. The maximum absolute atomic E-state index is 13.7.